The number of nitrogens with zero attached hydrogens (tertiary/aromatic N) is 2. The fraction of sp³-hybridized carbons (Fsp3) is 0.667. The second-order valence-electron chi connectivity index (χ2n) is 4.32. The Morgan fingerprint density at radius 1 is 1.44 bits per heavy atom. The molecule has 1 aromatic rings. The van der Waals surface area contributed by atoms with Gasteiger partial charge in [-0.3, -0.25) is 0 Å². The molecule has 0 saturated carbocycles. The fourth-order valence-electron chi connectivity index (χ4n) is 1.97. The Balaban J connectivity index is 1.74. The van der Waals surface area contributed by atoms with Gasteiger partial charge in [0, 0.05) is 30.9 Å². The first-order valence-corrected chi connectivity index (χ1v) is 7.02. The third kappa shape index (κ3) is 3.43. The lowest BCUT2D eigenvalue weighted by Crippen LogP contribution is -2.46. The van der Waals surface area contributed by atoms with Gasteiger partial charge in [-0.15, -0.1) is 11.3 Å². The van der Waals surface area contributed by atoms with E-state index in [0.717, 1.165) is 17.1 Å². The normalized spacial score (nSPS) is 15.8. The highest BCUT2D eigenvalue weighted by Gasteiger charge is 2.16. The Kier molecular flexibility index (Phi) is 4.54. The first-order valence-electron chi connectivity index (χ1n) is 6.20. The summed E-state index contributed by atoms with van der Waals surface area (Å²) in [5.74, 6) is 0. The molecule has 0 spiro atoms. The zero-order valence-electron chi connectivity index (χ0n) is 10.9. The predicted octanol–water partition coefficient (Wildman–Crippen LogP) is 1.34. The number of aromatic nitrogens is 1. The molecule has 0 radical (unpaired) electrons. The van der Waals surface area contributed by atoms with E-state index in [1.807, 2.05) is 13.8 Å². The number of hydrogen-bond donors (Lipinski definition) is 1. The molecule has 1 fully saturated rings. The highest BCUT2D eigenvalue weighted by Crippen LogP contribution is 2.17. The molecule has 0 unspecified atom stereocenters. The van der Waals surface area contributed by atoms with Crippen LogP contribution < -0.4 is 5.32 Å². The second-order valence-corrected chi connectivity index (χ2v) is 5.61. The summed E-state index contributed by atoms with van der Waals surface area (Å²) >= 11 is 1.71. The average molecular weight is 269 g/mol. The molecule has 1 aliphatic heterocycles. The third-order valence-corrected chi connectivity index (χ3v) is 4.06. The molecule has 2 heterocycles. The van der Waals surface area contributed by atoms with E-state index in [2.05, 4.69) is 10.3 Å². The molecule has 0 aliphatic carbocycles. The number of rotatable bonds is 3. The number of ether oxygens (including phenoxy) is 1. The van der Waals surface area contributed by atoms with E-state index in [1.165, 1.54) is 4.88 Å². The van der Waals surface area contributed by atoms with Crippen molar-refractivity contribution in [3.63, 3.8) is 0 Å². The van der Waals surface area contributed by atoms with Gasteiger partial charge >= 0.3 is 6.03 Å². The number of hydrogen-bond acceptors (Lipinski definition) is 4. The smallest absolute Gasteiger partial charge is 0.317 e. The number of thiazole rings is 1. The van der Waals surface area contributed by atoms with Crippen molar-refractivity contribution in [3.8, 4) is 0 Å². The Labute approximate surface area is 111 Å². The topological polar surface area (TPSA) is 54.5 Å². The molecule has 0 aromatic carbocycles. The molecule has 100 valence electrons. The monoisotopic (exact) mass is 269 g/mol. The molecule has 1 N–H and O–H groups in total. The SMILES string of the molecule is Cc1nc(C)c(CCNC(=O)N2CCOCC2)s1. The van der Waals surface area contributed by atoms with Gasteiger partial charge in [0.05, 0.1) is 23.9 Å². The van der Waals surface area contributed by atoms with Crippen LogP contribution in [0.3, 0.4) is 0 Å². The van der Waals surface area contributed by atoms with Crippen LogP contribution in [0.4, 0.5) is 4.79 Å². The predicted molar refractivity (Wildman–Crippen MR) is 71.1 cm³/mol. The van der Waals surface area contributed by atoms with Gasteiger partial charge in [0.25, 0.3) is 0 Å². The van der Waals surface area contributed by atoms with Crippen LogP contribution in [0.15, 0.2) is 0 Å². The molecule has 1 saturated heterocycles. The lowest BCUT2D eigenvalue weighted by Gasteiger charge is -2.26. The summed E-state index contributed by atoms with van der Waals surface area (Å²) in [5, 5.41) is 4.03. The van der Waals surface area contributed by atoms with Crippen LogP contribution in [-0.4, -0.2) is 48.8 Å². The van der Waals surface area contributed by atoms with Gasteiger partial charge in [-0.1, -0.05) is 0 Å². The lowest BCUT2D eigenvalue weighted by atomic mass is 10.3. The quantitative estimate of drug-likeness (QED) is 0.901. The molecule has 1 aliphatic rings. The number of carbonyl (C=O) groups is 1. The Morgan fingerprint density at radius 3 is 2.78 bits per heavy atom. The van der Waals surface area contributed by atoms with Crippen molar-refractivity contribution < 1.29 is 9.53 Å². The number of nitrogens with one attached hydrogen (secondary N) is 1. The van der Waals surface area contributed by atoms with Crippen molar-refractivity contribution in [2.75, 3.05) is 32.8 Å². The largest absolute Gasteiger partial charge is 0.378 e. The minimum absolute atomic E-state index is 0.0113. The Bertz CT molecular complexity index is 413. The molecule has 2 amide bonds. The summed E-state index contributed by atoms with van der Waals surface area (Å²) in [6, 6.07) is 0.0113. The van der Waals surface area contributed by atoms with Crippen molar-refractivity contribution in [1.82, 2.24) is 15.2 Å². The maximum absolute atomic E-state index is 11.8. The summed E-state index contributed by atoms with van der Waals surface area (Å²) in [5.41, 5.74) is 1.08. The van der Waals surface area contributed by atoms with Crippen molar-refractivity contribution >= 4 is 17.4 Å². The summed E-state index contributed by atoms with van der Waals surface area (Å²) in [4.78, 5) is 19.3. The van der Waals surface area contributed by atoms with E-state index < -0.39 is 0 Å². The van der Waals surface area contributed by atoms with Crippen LogP contribution in [0, 0.1) is 13.8 Å². The van der Waals surface area contributed by atoms with E-state index in [-0.39, 0.29) is 6.03 Å². The minimum Gasteiger partial charge on any atom is -0.378 e. The van der Waals surface area contributed by atoms with Crippen molar-refractivity contribution in [3.05, 3.63) is 15.6 Å². The van der Waals surface area contributed by atoms with Crippen LogP contribution >= 0.6 is 11.3 Å². The van der Waals surface area contributed by atoms with Gasteiger partial charge < -0.3 is 15.0 Å². The molecule has 0 atom stereocenters. The summed E-state index contributed by atoms with van der Waals surface area (Å²) < 4.78 is 5.21. The van der Waals surface area contributed by atoms with E-state index in [0.29, 0.717) is 32.8 Å². The zero-order chi connectivity index (χ0) is 13.0. The average Bonchev–Trinajstić information content (AvgIpc) is 2.69. The minimum atomic E-state index is 0.0113. The van der Waals surface area contributed by atoms with E-state index in [4.69, 9.17) is 4.74 Å². The van der Waals surface area contributed by atoms with Gasteiger partial charge in [-0.2, -0.15) is 0 Å². The maximum Gasteiger partial charge on any atom is 0.317 e. The van der Waals surface area contributed by atoms with Crippen molar-refractivity contribution in [2.45, 2.75) is 20.3 Å². The number of amides is 2. The summed E-state index contributed by atoms with van der Waals surface area (Å²) in [6.45, 7) is 7.34. The third-order valence-electron chi connectivity index (χ3n) is 2.93. The molecule has 18 heavy (non-hydrogen) atoms. The van der Waals surface area contributed by atoms with Crippen LogP contribution in [0.25, 0.3) is 0 Å². The van der Waals surface area contributed by atoms with Gasteiger partial charge in [0.1, 0.15) is 0 Å². The van der Waals surface area contributed by atoms with Crippen LogP contribution in [0.2, 0.25) is 0 Å². The van der Waals surface area contributed by atoms with Gasteiger partial charge in [-0.25, -0.2) is 9.78 Å². The fourth-order valence-corrected chi connectivity index (χ4v) is 2.90. The van der Waals surface area contributed by atoms with Gasteiger partial charge in [-0.05, 0) is 13.8 Å². The Morgan fingerprint density at radius 2 is 2.17 bits per heavy atom. The number of urea groups is 1. The first kappa shape index (κ1) is 13.3. The second kappa shape index (κ2) is 6.15. The Hall–Kier alpha value is -1.14. The molecule has 2 rings (SSSR count). The number of morpholine rings is 1. The van der Waals surface area contributed by atoms with Crippen molar-refractivity contribution in [2.24, 2.45) is 0 Å². The molecular formula is C12H19N3O2S. The van der Waals surface area contributed by atoms with Crippen LogP contribution in [0.5, 0.6) is 0 Å². The van der Waals surface area contributed by atoms with Crippen LogP contribution in [-0.2, 0) is 11.2 Å². The molecule has 5 nitrogen and oxygen atoms in total. The summed E-state index contributed by atoms with van der Waals surface area (Å²) in [6.07, 6.45) is 0.855. The molecule has 6 heteroatoms. The highest BCUT2D eigenvalue weighted by molar-refractivity contribution is 7.11. The maximum atomic E-state index is 11.8. The molecular weight excluding hydrogens is 250 g/mol. The number of carbonyl (C=O) groups excluding carboxylic acids is 1. The first-order chi connectivity index (χ1) is 8.66. The summed E-state index contributed by atoms with van der Waals surface area (Å²) in [7, 11) is 0. The highest BCUT2D eigenvalue weighted by atomic mass is 32.1. The van der Waals surface area contributed by atoms with Gasteiger partial charge in [0.2, 0.25) is 0 Å². The van der Waals surface area contributed by atoms with E-state index in [9.17, 15) is 4.79 Å². The molecule has 1 aromatic heterocycles. The molecule has 0 bridgehead atoms. The standard InChI is InChI=1S/C12H19N3O2S/c1-9-11(18-10(2)14-9)3-4-13-12(16)15-5-7-17-8-6-15/h3-8H2,1-2H3,(H,13,16). The van der Waals surface area contributed by atoms with Crippen molar-refractivity contribution in [1.29, 1.82) is 0 Å². The van der Waals surface area contributed by atoms with Crippen LogP contribution in [0.1, 0.15) is 15.6 Å². The lowest BCUT2D eigenvalue weighted by molar-refractivity contribution is 0.0533. The number of aryl methyl sites for hydroxylation is 2. The zero-order valence-corrected chi connectivity index (χ0v) is 11.7. The van der Waals surface area contributed by atoms with E-state index in [1.54, 1.807) is 16.2 Å². The van der Waals surface area contributed by atoms with E-state index >= 15 is 0 Å². The van der Waals surface area contributed by atoms with Gasteiger partial charge in [0.15, 0.2) is 0 Å².